The van der Waals surface area contributed by atoms with Crippen LogP contribution in [0.25, 0.3) is 0 Å². The highest BCUT2D eigenvalue weighted by molar-refractivity contribution is 8.14. The summed E-state index contributed by atoms with van der Waals surface area (Å²) in [5.74, 6) is 0.285. The molecule has 5 nitrogen and oxygen atoms in total. The van der Waals surface area contributed by atoms with Crippen LogP contribution in [0, 0.1) is 5.92 Å². The van der Waals surface area contributed by atoms with E-state index in [2.05, 4.69) is 5.32 Å². The number of hydrogen-bond donors (Lipinski definition) is 1. The molecule has 0 aromatic carbocycles. The van der Waals surface area contributed by atoms with E-state index < -0.39 is 0 Å². The lowest BCUT2D eigenvalue weighted by atomic mass is 10.1. The Balaban J connectivity index is 1.95. The van der Waals surface area contributed by atoms with Crippen LogP contribution in [0.5, 0.6) is 0 Å². The van der Waals surface area contributed by atoms with Gasteiger partial charge in [0.1, 0.15) is 0 Å². The Kier molecular flexibility index (Phi) is 3.90. The maximum atomic E-state index is 12.1. The molecular weight excluding hydrogens is 264 g/mol. The molecule has 0 unspecified atom stereocenters. The van der Waals surface area contributed by atoms with Gasteiger partial charge in [0.2, 0.25) is 16.9 Å². The third kappa shape index (κ3) is 3.11. The van der Waals surface area contributed by atoms with Crippen LogP contribution in [0.3, 0.4) is 0 Å². The minimum atomic E-state index is -0.365. The number of rotatable bonds is 2. The fraction of sp³-hybridized carbons (Fsp3) is 0.769. The molecule has 0 bridgehead atoms. The zero-order chi connectivity index (χ0) is 14.2. The second kappa shape index (κ2) is 5.15. The van der Waals surface area contributed by atoms with E-state index in [1.165, 1.54) is 11.8 Å². The first-order valence-corrected chi connectivity index (χ1v) is 7.55. The molecular formula is C13H20N2O3S. The first-order chi connectivity index (χ1) is 8.79. The Morgan fingerprint density at radius 3 is 2.53 bits per heavy atom. The Hall–Kier alpha value is -1.04. The molecule has 2 saturated heterocycles. The molecule has 0 aromatic heterocycles. The summed E-state index contributed by atoms with van der Waals surface area (Å²) in [6.07, 6.45) is 0.941. The molecule has 2 aliphatic heterocycles. The van der Waals surface area contributed by atoms with Crippen molar-refractivity contribution in [3.05, 3.63) is 0 Å². The summed E-state index contributed by atoms with van der Waals surface area (Å²) in [5, 5.41) is 2.81. The zero-order valence-corrected chi connectivity index (χ0v) is 12.4. The highest BCUT2D eigenvalue weighted by Crippen LogP contribution is 2.26. The largest absolute Gasteiger partial charge is 0.345 e. The van der Waals surface area contributed by atoms with Crippen molar-refractivity contribution in [2.75, 3.05) is 12.3 Å². The quantitative estimate of drug-likeness (QED) is 0.814. The molecule has 2 atom stereocenters. The number of nitrogens with zero attached hydrogens (tertiary/aromatic N) is 1. The molecule has 2 rings (SSSR count). The van der Waals surface area contributed by atoms with E-state index in [0.717, 1.165) is 5.75 Å². The van der Waals surface area contributed by atoms with E-state index in [1.807, 2.05) is 20.8 Å². The average Bonchev–Trinajstić information content (AvgIpc) is 2.85. The number of nitrogens with one attached hydrogen (secondary N) is 1. The van der Waals surface area contributed by atoms with Crippen LogP contribution in [0.2, 0.25) is 0 Å². The zero-order valence-electron chi connectivity index (χ0n) is 11.6. The van der Waals surface area contributed by atoms with Gasteiger partial charge in [0.15, 0.2) is 0 Å². The summed E-state index contributed by atoms with van der Waals surface area (Å²) in [7, 11) is 0. The molecule has 0 saturated carbocycles. The van der Waals surface area contributed by atoms with Gasteiger partial charge in [-0.3, -0.25) is 14.4 Å². The van der Waals surface area contributed by atoms with Gasteiger partial charge >= 0.3 is 0 Å². The minimum absolute atomic E-state index is 0.0137. The maximum absolute atomic E-state index is 12.1. The summed E-state index contributed by atoms with van der Waals surface area (Å²) in [4.78, 5) is 37.2. The van der Waals surface area contributed by atoms with Crippen molar-refractivity contribution in [3.8, 4) is 0 Å². The molecule has 106 valence electrons. The van der Waals surface area contributed by atoms with Gasteiger partial charge in [-0.1, -0.05) is 11.8 Å². The monoisotopic (exact) mass is 284 g/mol. The molecule has 19 heavy (non-hydrogen) atoms. The van der Waals surface area contributed by atoms with Crippen LogP contribution in [-0.4, -0.2) is 45.7 Å². The lowest BCUT2D eigenvalue weighted by Crippen LogP contribution is -2.44. The SMILES string of the molecule is CC(C)(C)N1C[C@H](C(=O)N[C@@H]2CCSC2=O)CC1=O. The van der Waals surface area contributed by atoms with Crippen molar-refractivity contribution < 1.29 is 14.4 Å². The van der Waals surface area contributed by atoms with Gasteiger partial charge in [-0.05, 0) is 27.2 Å². The van der Waals surface area contributed by atoms with Crippen LogP contribution >= 0.6 is 11.8 Å². The molecule has 2 heterocycles. The minimum Gasteiger partial charge on any atom is -0.345 e. The van der Waals surface area contributed by atoms with Crippen LogP contribution in [0.15, 0.2) is 0 Å². The lowest BCUT2D eigenvalue weighted by Gasteiger charge is -2.32. The van der Waals surface area contributed by atoms with E-state index in [1.54, 1.807) is 4.90 Å². The first kappa shape index (κ1) is 14.4. The third-order valence-electron chi connectivity index (χ3n) is 3.56. The number of carbonyl (C=O) groups excluding carboxylic acids is 3. The first-order valence-electron chi connectivity index (χ1n) is 6.56. The number of likely N-dealkylation sites (tertiary alicyclic amines) is 1. The van der Waals surface area contributed by atoms with Gasteiger partial charge in [-0.25, -0.2) is 0 Å². The number of carbonyl (C=O) groups is 3. The van der Waals surface area contributed by atoms with Crippen LogP contribution in [0.1, 0.15) is 33.6 Å². The Morgan fingerprint density at radius 1 is 1.37 bits per heavy atom. The standard InChI is InChI=1S/C13H20N2O3S/c1-13(2,3)15-7-8(6-10(15)16)11(17)14-9-4-5-19-12(9)18/h8-9H,4-7H2,1-3H3,(H,14,17)/t8-,9-/m1/s1. The van der Waals surface area contributed by atoms with E-state index in [0.29, 0.717) is 13.0 Å². The highest BCUT2D eigenvalue weighted by Gasteiger charge is 2.40. The molecule has 2 fully saturated rings. The molecule has 0 spiro atoms. The van der Waals surface area contributed by atoms with Crippen LogP contribution in [0.4, 0.5) is 0 Å². The summed E-state index contributed by atoms with van der Waals surface area (Å²) in [6, 6.07) is -0.365. The lowest BCUT2D eigenvalue weighted by molar-refractivity contribution is -0.132. The van der Waals surface area contributed by atoms with Gasteiger partial charge in [-0.2, -0.15) is 0 Å². The van der Waals surface area contributed by atoms with Crippen molar-refractivity contribution in [3.63, 3.8) is 0 Å². The van der Waals surface area contributed by atoms with Crippen molar-refractivity contribution in [1.29, 1.82) is 0 Å². The molecule has 0 aliphatic carbocycles. The predicted octanol–water partition coefficient (Wildman–Crippen LogP) is 0.782. The molecule has 1 N–H and O–H groups in total. The van der Waals surface area contributed by atoms with Crippen molar-refractivity contribution in [1.82, 2.24) is 10.2 Å². The summed E-state index contributed by atoms with van der Waals surface area (Å²) in [6.45, 7) is 6.33. The van der Waals surface area contributed by atoms with Crippen molar-refractivity contribution in [2.45, 2.75) is 45.2 Å². The fourth-order valence-corrected chi connectivity index (χ4v) is 3.38. The topological polar surface area (TPSA) is 66.5 Å². The highest BCUT2D eigenvalue weighted by atomic mass is 32.2. The summed E-state index contributed by atoms with van der Waals surface area (Å²) < 4.78 is 0. The van der Waals surface area contributed by atoms with Gasteiger partial charge < -0.3 is 10.2 Å². The fourth-order valence-electron chi connectivity index (χ4n) is 2.45. The van der Waals surface area contributed by atoms with Gasteiger partial charge in [-0.15, -0.1) is 0 Å². The van der Waals surface area contributed by atoms with E-state index >= 15 is 0 Å². The van der Waals surface area contributed by atoms with E-state index in [4.69, 9.17) is 0 Å². The Labute approximate surface area is 117 Å². The maximum Gasteiger partial charge on any atom is 0.226 e. The summed E-state index contributed by atoms with van der Waals surface area (Å²) >= 11 is 1.26. The van der Waals surface area contributed by atoms with E-state index in [-0.39, 0.29) is 40.8 Å². The van der Waals surface area contributed by atoms with Gasteiger partial charge in [0.05, 0.1) is 12.0 Å². The van der Waals surface area contributed by atoms with Gasteiger partial charge in [0.25, 0.3) is 0 Å². The molecule has 2 aliphatic rings. The number of amides is 2. The predicted molar refractivity (Wildman–Crippen MR) is 73.6 cm³/mol. The smallest absolute Gasteiger partial charge is 0.226 e. The van der Waals surface area contributed by atoms with Crippen molar-refractivity contribution >= 4 is 28.7 Å². The molecule has 0 radical (unpaired) electrons. The van der Waals surface area contributed by atoms with Crippen molar-refractivity contribution in [2.24, 2.45) is 5.92 Å². The average molecular weight is 284 g/mol. The second-order valence-corrected chi connectivity index (χ2v) is 7.19. The number of thioether (sulfide) groups is 1. The van der Waals surface area contributed by atoms with E-state index in [9.17, 15) is 14.4 Å². The third-order valence-corrected chi connectivity index (χ3v) is 4.57. The molecule has 6 heteroatoms. The second-order valence-electron chi connectivity index (χ2n) is 6.09. The van der Waals surface area contributed by atoms with Crippen LogP contribution in [-0.2, 0) is 14.4 Å². The normalized spacial score (nSPS) is 28.1. The number of hydrogen-bond acceptors (Lipinski definition) is 4. The van der Waals surface area contributed by atoms with Crippen LogP contribution < -0.4 is 5.32 Å². The summed E-state index contributed by atoms with van der Waals surface area (Å²) in [5.41, 5.74) is -0.259. The molecule has 0 aromatic rings. The Bertz CT molecular complexity index is 417. The van der Waals surface area contributed by atoms with Gasteiger partial charge in [0, 0.05) is 24.3 Å². The molecule has 2 amide bonds. The Morgan fingerprint density at radius 2 is 2.05 bits per heavy atom.